The highest BCUT2D eigenvalue weighted by Crippen LogP contribution is 2.53. The summed E-state index contributed by atoms with van der Waals surface area (Å²) >= 11 is 0. The zero-order chi connectivity index (χ0) is 17.7. The maximum atomic E-state index is 12.6. The molecule has 1 N–H and O–H groups in total. The van der Waals surface area contributed by atoms with Gasteiger partial charge in [-0.05, 0) is 26.2 Å². The third-order valence-electron chi connectivity index (χ3n) is 5.90. The highest BCUT2D eigenvalue weighted by Gasteiger charge is 2.56. The second-order valence-electron chi connectivity index (χ2n) is 7.34. The second kappa shape index (κ2) is 8.13. The van der Waals surface area contributed by atoms with Gasteiger partial charge in [-0.15, -0.1) is 0 Å². The van der Waals surface area contributed by atoms with E-state index in [1.165, 1.54) is 32.1 Å². The number of amides is 2. The molecule has 0 radical (unpaired) electrons. The van der Waals surface area contributed by atoms with Gasteiger partial charge in [0.1, 0.15) is 0 Å². The Morgan fingerprint density at radius 2 is 2.16 bits per heavy atom. The van der Waals surface area contributed by atoms with Crippen LogP contribution in [0.1, 0.15) is 51.1 Å². The smallest absolute Gasteiger partial charge is 0.317 e. The van der Waals surface area contributed by atoms with E-state index in [0.29, 0.717) is 12.6 Å². The molecule has 6 nitrogen and oxygen atoms in total. The van der Waals surface area contributed by atoms with Crippen LogP contribution in [0.4, 0.5) is 4.79 Å². The van der Waals surface area contributed by atoms with E-state index < -0.39 is 0 Å². The van der Waals surface area contributed by atoms with Crippen molar-refractivity contribution in [2.75, 3.05) is 20.2 Å². The van der Waals surface area contributed by atoms with Gasteiger partial charge in [-0.2, -0.15) is 0 Å². The van der Waals surface area contributed by atoms with E-state index in [1.807, 2.05) is 7.05 Å². The number of nitrogens with zero attached hydrogens (tertiary/aromatic N) is 3. The first-order valence-electron chi connectivity index (χ1n) is 9.54. The van der Waals surface area contributed by atoms with Gasteiger partial charge in [-0.25, -0.2) is 4.79 Å². The first-order chi connectivity index (χ1) is 12.2. The molecule has 25 heavy (non-hydrogen) atoms. The van der Waals surface area contributed by atoms with Crippen LogP contribution in [0.2, 0.25) is 0 Å². The van der Waals surface area contributed by atoms with Crippen LogP contribution in [0.3, 0.4) is 0 Å². The number of ether oxygens (including phenoxy) is 1. The zero-order valence-corrected chi connectivity index (χ0v) is 15.4. The molecule has 2 aliphatic carbocycles. The lowest BCUT2D eigenvalue weighted by Crippen LogP contribution is -2.66. The van der Waals surface area contributed by atoms with Crippen molar-refractivity contribution in [3.8, 4) is 0 Å². The molecule has 0 bridgehead atoms. The summed E-state index contributed by atoms with van der Waals surface area (Å²) in [5.41, 5.74) is 1.07. The van der Waals surface area contributed by atoms with Crippen LogP contribution in [0, 0.1) is 5.41 Å². The standard InChI is InChI=1S/C19H30N4O2/c1-3-25-17-13-16(19(17)8-5-4-6-9-19)22-18(24)23(2)12-7-15-14-20-10-11-21-15/h10-11,14,16-17H,3-9,12-13H2,1-2H3,(H,22,24)/t16-,17-/m1/s1. The molecule has 0 aromatic carbocycles. The lowest BCUT2D eigenvalue weighted by molar-refractivity contribution is -0.147. The average Bonchev–Trinajstić information content (AvgIpc) is 2.66. The number of hydrogen-bond donors (Lipinski definition) is 1. The summed E-state index contributed by atoms with van der Waals surface area (Å²) in [6.45, 7) is 3.45. The molecule has 0 aliphatic heterocycles. The third kappa shape index (κ3) is 3.94. The molecular formula is C19H30N4O2. The quantitative estimate of drug-likeness (QED) is 0.860. The van der Waals surface area contributed by atoms with Crippen LogP contribution in [0.15, 0.2) is 18.6 Å². The SMILES string of the molecule is CCO[C@@H]1C[C@@H](NC(=O)N(C)CCc2cnccn2)C12CCCCC2. The molecule has 1 aromatic heterocycles. The van der Waals surface area contributed by atoms with Crippen LogP contribution >= 0.6 is 0 Å². The van der Waals surface area contributed by atoms with E-state index in [-0.39, 0.29) is 17.5 Å². The van der Waals surface area contributed by atoms with E-state index in [1.54, 1.807) is 23.5 Å². The third-order valence-corrected chi connectivity index (χ3v) is 5.90. The van der Waals surface area contributed by atoms with E-state index in [9.17, 15) is 4.79 Å². The van der Waals surface area contributed by atoms with Crippen LogP contribution in [0.25, 0.3) is 0 Å². The molecule has 1 aromatic rings. The summed E-state index contributed by atoms with van der Waals surface area (Å²) in [6, 6.07) is 0.254. The summed E-state index contributed by atoms with van der Waals surface area (Å²) < 4.78 is 5.97. The Kier molecular flexibility index (Phi) is 5.89. The Morgan fingerprint density at radius 1 is 1.36 bits per heavy atom. The number of rotatable bonds is 6. The summed E-state index contributed by atoms with van der Waals surface area (Å²) in [4.78, 5) is 22.7. The van der Waals surface area contributed by atoms with Crippen molar-refractivity contribution in [3.05, 3.63) is 24.3 Å². The summed E-state index contributed by atoms with van der Waals surface area (Å²) in [5.74, 6) is 0. The van der Waals surface area contributed by atoms with E-state index in [2.05, 4.69) is 22.2 Å². The van der Waals surface area contributed by atoms with Crippen LogP contribution in [-0.4, -0.2) is 53.2 Å². The molecule has 1 spiro atoms. The van der Waals surface area contributed by atoms with Crippen LogP contribution in [-0.2, 0) is 11.2 Å². The van der Waals surface area contributed by atoms with Crippen molar-refractivity contribution < 1.29 is 9.53 Å². The Labute approximate surface area is 150 Å². The number of likely N-dealkylation sites (N-methyl/N-ethyl adjacent to an activating group) is 1. The van der Waals surface area contributed by atoms with Gasteiger partial charge in [0, 0.05) is 56.7 Å². The average molecular weight is 346 g/mol. The molecule has 2 aliphatic rings. The fourth-order valence-corrected chi connectivity index (χ4v) is 4.37. The molecular weight excluding hydrogens is 316 g/mol. The predicted octanol–water partition coefficient (Wildman–Crippen LogP) is 2.79. The minimum atomic E-state index is 0.00814. The lowest BCUT2D eigenvalue weighted by Gasteiger charge is -2.57. The summed E-state index contributed by atoms with van der Waals surface area (Å²) in [5, 5.41) is 3.27. The molecule has 2 amide bonds. The highest BCUT2D eigenvalue weighted by atomic mass is 16.5. The summed E-state index contributed by atoms with van der Waals surface area (Å²) in [6.07, 6.45) is 13.2. The monoisotopic (exact) mass is 346 g/mol. The molecule has 1 heterocycles. The van der Waals surface area contributed by atoms with Crippen molar-refractivity contribution in [2.24, 2.45) is 5.41 Å². The first-order valence-corrected chi connectivity index (χ1v) is 9.54. The lowest BCUT2D eigenvalue weighted by atomic mass is 9.55. The maximum Gasteiger partial charge on any atom is 0.317 e. The maximum absolute atomic E-state index is 12.6. The number of hydrogen-bond acceptors (Lipinski definition) is 4. The van der Waals surface area contributed by atoms with Gasteiger partial charge in [0.15, 0.2) is 0 Å². The number of aromatic nitrogens is 2. The number of carbonyl (C=O) groups is 1. The number of nitrogens with one attached hydrogen (secondary N) is 1. The van der Waals surface area contributed by atoms with Gasteiger partial charge < -0.3 is 15.0 Å². The van der Waals surface area contributed by atoms with Crippen molar-refractivity contribution in [3.63, 3.8) is 0 Å². The fraction of sp³-hybridized carbons (Fsp3) is 0.737. The topological polar surface area (TPSA) is 67.3 Å². The van der Waals surface area contributed by atoms with Crippen molar-refractivity contribution in [1.29, 1.82) is 0 Å². The van der Waals surface area contributed by atoms with E-state index in [4.69, 9.17) is 4.74 Å². The van der Waals surface area contributed by atoms with Gasteiger partial charge in [-0.1, -0.05) is 19.3 Å². The van der Waals surface area contributed by atoms with Crippen molar-refractivity contribution in [2.45, 2.75) is 64.0 Å². The Hall–Kier alpha value is -1.69. The minimum absolute atomic E-state index is 0.00814. The molecule has 0 saturated heterocycles. The molecule has 2 fully saturated rings. The van der Waals surface area contributed by atoms with Gasteiger partial charge >= 0.3 is 6.03 Å². The van der Waals surface area contributed by atoms with Gasteiger partial charge in [0.25, 0.3) is 0 Å². The molecule has 6 heteroatoms. The van der Waals surface area contributed by atoms with Gasteiger partial charge in [0.2, 0.25) is 0 Å². The molecule has 138 valence electrons. The minimum Gasteiger partial charge on any atom is -0.378 e. The Bertz CT molecular complexity index is 560. The number of urea groups is 1. The normalized spacial score (nSPS) is 24.6. The van der Waals surface area contributed by atoms with Gasteiger partial charge in [0.05, 0.1) is 11.8 Å². The Morgan fingerprint density at radius 3 is 2.84 bits per heavy atom. The van der Waals surface area contributed by atoms with Crippen molar-refractivity contribution >= 4 is 6.03 Å². The Balaban J connectivity index is 1.53. The van der Waals surface area contributed by atoms with E-state index in [0.717, 1.165) is 25.1 Å². The zero-order valence-electron chi connectivity index (χ0n) is 15.4. The molecule has 3 rings (SSSR count). The van der Waals surface area contributed by atoms with Gasteiger partial charge in [-0.3, -0.25) is 9.97 Å². The fourth-order valence-electron chi connectivity index (χ4n) is 4.37. The molecule has 2 saturated carbocycles. The van der Waals surface area contributed by atoms with Crippen LogP contribution < -0.4 is 5.32 Å². The van der Waals surface area contributed by atoms with E-state index >= 15 is 0 Å². The van der Waals surface area contributed by atoms with Crippen molar-refractivity contribution in [1.82, 2.24) is 20.2 Å². The summed E-state index contributed by atoms with van der Waals surface area (Å²) in [7, 11) is 1.85. The highest BCUT2D eigenvalue weighted by molar-refractivity contribution is 5.74. The number of carbonyl (C=O) groups excluding carboxylic acids is 1. The van der Waals surface area contributed by atoms with Crippen LogP contribution in [0.5, 0.6) is 0 Å². The first kappa shape index (κ1) is 18.1. The second-order valence-corrected chi connectivity index (χ2v) is 7.34. The largest absolute Gasteiger partial charge is 0.378 e. The predicted molar refractivity (Wildman–Crippen MR) is 96.2 cm³/mol. The molecule has 2 atom stereocenters. The molecule has 0 unspecified atom stereocenters.